The largest absolute Gasteiger partial charge is 0.494 e. The number of rotatable bonds is 7. The van der Waals surface area contributed by atoms with Crippen LogP contribution in [0.5, 0.6) is 5.75 Å². The third kappa shape index (κ3) is 5.43. The molecule has 1 aromatic carbocycles. The molecular weight excluding hydrogens is 292 g/mol. The summed E-state index contributed by atoms with van der Waals surface area (Å²) < 4.78 is 11.0. The Labute approximate surface area is 139 Å². The molecule has 5 heteroatoms. The number of urea groups is 1. The van der Waals surface area contributed by atoms with Crippen molar-refractivity contribution in [3.8, 4) is 5.75 Å². The number of carbonyl (C=O) groups is 1. The van der Waals surface area contributed by atoms with Crippen molar-refractivity contribution in [1.82, 2.24) is 10.2 Å². The van der Waals surface area contributed by atoms with Crippen molar-refractivity contribution in [2.75, 3.05) is 26.3 Å². The first-order valence-electron chi connectivity index (χ1n) is 8.49. The summed E-state index contributed by atoms with van der Waals surface area (Å²) in [6, 6.07) is 6.17. The number of hydrogen-bond donors (Lipinski definition) is 1. The first-order valence-corrected chi connectivity index (χ1v) is 8.49. The summed E-state index contributed by atoms with van der Waals surface area (Å²) in [5.41, 5.74) is 2.49. The Kier molecular flexibility index (Phi) is 6.71. The first-order chi connectivity index (χ1) is 11.1. The van der Waals surface area contributed by atoms with Crippen molar-refractivity contribution in [1.29, 1.82) is 0 Å². The van der Waals surface area contributed by atoms with Crippen LogP contribution in [0.15, 0.2) is 18.2 Å². The highest BCUT2D eigenvalue weighted by molar-refractivity contribution is 5.74. The van der Waals surface area contributed by atoms with Gasteiger partial charge in [-0.3, -0.25) is 0 Å². The summed E-state index contributed by atoms with van der Waals surface area (Å²) in [4.78, 5) is 14.1. The molecule has 1 N–H and O–H groups in total. The van der Waals surface area contributed by atoms with Crippen LogP contribution in [-0.2, 0) is 17.7 Å². The van der Waals surface area contributed by atoms with Crippen LogP contribution in [0, 0.1) is 0 Å². The lowest BCUT2D eigenvalue weighted by Crippen LogP contribution is -2.43. The zero-order valence-electron chi connectivity index (χ0n) is 14.4. The van der Waals surface area contributed by atoms with Gasteiger partial charge >= 0.3 is 6.03 Å². The van der Waals surface area contributed by atoms with E-state index in [4.69, 9.17) is 9.47 Å². The van der Waals surface area contributed by atoms with Gasteiger partial charge in [0.1, 0.15) is 5.75 Å². The van der Waals surface area contributed by atoms with E-state index in [2.05, 4.69) is 17.4 Å². The Bertz CT molecular complexity index is 517. The highest BCUT2D eigenvalue weighted by Gasteiger charge is 2.20. The predicted molar refractivity (Wildman–Crippen MR) is 90.8 cm³/mol. The molecule has 128 valence electrons. The minimum Gasteiger partial charge on any atom is -0.494 e. The summed E-state index contributed by atoms with van der Waals surface area (Å²) in [5, 5.41) is 2.97. The second-order valence-electron chi connectivity index (χ2n) is 6.04. The fraction of sp³-hybridized carbons (Fsp3) is 0.611. The van der Waals surface area contributed by atoms with Gasteiger partial charge in [0.15, 0.2) is 0 Å². The lowest BCUT2D eigenvalue weighted by molar-refractivity contribution is 0.0771. The van der Waals surface area contributed by atoms with Gasteiger partial charge in [-0.2, -0.15) is 0 Å². The Morgan fingerprint density at radius 3 is 2.91 bits per heavy atom. The molecule has 1 heterocycles. The molecule has 0 aliphatic carbocycles. The van der Waals surface area contributed by atoms with E-state index in [1.807, 2.05) is 31.7 Å². The summed E-state index contributed by atoms with van der Waals surface area (Å²) in [6.07, 6.45) is 1.97. The van der Waals surface area contributed by atoms with Crippen molar-refractivity contribution in [3.05, 3.63) is 29.3 Å². The Hall–Kier alpha value is -1.75. The maximum absolute atomic E-state index is 12.3. The summed E-state index contributed by atoms with van der Waals surface area (Å²) in [6.45, 7) is 9.39. The van der Waals surface area contributed by atoms with Crippen LogP contribution in [0.3, 0.4) is 0 Å². The summed E-state index contributed by atoms with van der Waals surface area (Å²) >= 11 is 0. The topological polar surface area (TPSA) is 50.8 Å². The molecule has 0 fully saturated rings. The number of hydrogen-bond acceptors (Lipinski definition) is 3. The van der Waals surface area contributed by atoms with Gasteiger partial charge in [-0.05, 0) is 56.9 Å². The lowest BCUT2D eigenvalue weighted by atomic mass is 10.00. The molecule has 1 aromatic rings. The number of nitrogens with zero attached hydrogens (tertiary/aromatic N) is 1. The molecule has 0 aromatic heterocycles. The number of fused-ring (bicyclic) bond motifs is 1. The number of nitrogens with one attached hydrogen (secondary N) is 1. The summed E-state index contributed by atoms with van der Waals surface area (Å²) in [7, 11) is 0. The quantitative estimate of drug-likeness (QED) is 0.786. The van der Waals surface area contributed by atoms with Gasteiger partial charge < -0.3 is 19.7 Å². The molecular formula is C18H28N2O3. The van der Waals surface area contributed by atoms with Gasteiger partial charge in [-0.25, -0.2) is 4.79 Å². The van der Waals surface area contributed by atoms with Gasteiger partial charge in [-0.15, -0.1) is 0 Å². The highest BCUT2D eigenvalue weighted by atomic mass is 16.5. The molecule has 1 aliphatic rings. The van der Waals surface area contributed by atoms with Crippen LogP contribution in [-0.4, -0.2) is 43.3 Å². The van der Waals surface area contributed by atoms with Crippen LogP contribution >= 0.6 is 0 Å². The SMILES string of the molecule is CCOc1ccc2c(c1)CN(C(=O)NCCCOC(C)C)CC2. The smallest absolute Gasteiger partial charge is 0.317 e. The third-order valence-electron chi connectivity index (χ3n) is 3.84. The van der Waals surface area contributed by atoms with E-state index in [9.17, 15) is 4.79 Å². The van der Waals surface area contributed by atoms with Crippen LogP contribution in [0.1, 0.15) is 38.3 Å². The number of benzene rings is 1. The molecule has 0 saturated heterocycles. The number of amides is 2. The van der Waals surface area contributed by atoms with E-state index in [0.717, 1.165) is 25.1 Å². The zero-order chi connectivity index (χ0) is 16.7. The van der Waals surface area contributed by atoms with Gasteiger partial charge in [-0.1, -0.05) is 6.07 Å². The fourth-order valence-corrected chi connectivity index (χ4v) is 2.66. The van der Waals surface area contributed by atoms with Crippen LogP contribution in [0.2, 0.25) is 0 Å². The van der Waals surface area contributed by atoms with E-state index in [1.54, 1.807) is 0 Å². The molecule has 2 amide bonds. The van der Waals surface area contributed by atoms with E-state index in [0.29, 0.717) is 26.3 Å². The maximum Gasteiger partial charge on any atom is 0.317 e. The third-order valence-corrected chi connectivity index (χ3v) is 3.84. The van der Waals surface area contributed by atoms with Gasteiger partial charge in [0, 0.05) is 26.2 Å². The molecule has 23 heavy (non-hydrogen) atoms. The molecule has 0 saturated carbocycles. The molecule has 0 radical (unpaired) electrons. The normalized spacial score (nSPS) is 13.8. The van der Waals surface area contributed by atoms with Crippen molar-refractivity contribution < 1.29 is 14.3 Å². The lowest BCUT2D eigenvalue weighted by Gasteiger charge is -2.29. The first kappa shape index (κ1) is 17.6. The van der Waals surface area contributed by atoms with E-state index >= 15 is 0 Å². The van der Waals surface area contributed by atoms with Crippen molar-refractivity contribution in [2.24, 2.45) is 0 Å². The van der Waals surface area contributed by atoms with Crippen molar-refractivity contribution in [3.63, 3.8) is 0 Å². The van der Waals surface area contributed by atoms with E-state index in [-0.39, 0.29) is 12.1 Å². The minimum atomic E-state index is 0.00186. The molecule has 0 bridgehead atoms. The minimum absolute atomic E-state index is 0.00186. The molecule has 0 spiro atoms. The van der Waals surface area contributed by atoms with Gasteiger partial charge in [0.05, 0.1) is 12.7 Å². The zero-order valence-corrected chi connectivity index (χ0v) is 14.4. The van der Waals surface area contributed by atoms with Gasteiger partial charge in [0.2, 0.25) is 0 Å². The molecule has 0 unspecified atom stereocenters. The van der Waals surface area contributed by atoms with Crippen molar-refractivity contribution in [2.45, 2.75) is 46.3 Å². The average molecular weight is 320 g/mol. The molecule has 2 rings (SSSR count). The molecule has 5 nitrogen and oxygen atoms in total. The Morgan fingerprint density at radius 1 is 1.35 bits per heavy atom. The van der Waals surface area contributed by atoms with E-state index in [1.165, 1.54) is 11.1 Å². The Balaban J connectivity index is 1.81. The molecule has 1 aliphatic heterocycles. The second kappa shape index (κ2) is 8.77. The van der Waals surface area contributed by atoms with Crippen LogP contribution in [0.4, 0.5) is 4.79 Å². The average Bonchev–Trinajstić information content (AvgIpc) is 2.53. The van der Waals surface area contributed by atoms with E-state index < -0.39 is 0 Å². The van der Waals surface area contributed by atoms with Crippen LogP contribution < -0.4 is 10.1 Å². The predicted octanol–water partition coefficient (Wildman–Crippen LogP) is 2.97. The fourth-order valence-electron chi connectivity index (χ4n) is 2.66. The molecule has 0 atom stereocenters. The van der Waals surface area contributed by atoms with Crippen molar-refractivity contribution >= 4 is 6.03 Å². The number of carbonyl (C=O) groups excluding carboxylic acids is 1. The Morgan fingerprint density at radius 2 is 2.17 bits per heavy atom. The van der Waals surface area contributed by atoms with Gasteiger partial charge in [0.25, 0.3) is 0 Å². The monoisotopic (exact) mass is 320 g/mol. The van der Waals surface area contributed by atoms with Crippen LogP contribution in [0.25, 0.3) is 0 Å². The number of ether oxygens (including phenoxy) is 2. The maximum atomic E-state index is 12.3. The summed E-state index contributed by atoms with van der Waals surface area (Å²) in [5.74, 6) is 0.874. The standard InChI is InChI=1S/C18H28N2O3/c1-4-22-17-7-6-15-8-10-20(13-16(15)12-17)18(21)19-9-5-11-23-14(2)3/h6-7,12,14H,4-5,8-11,13H2,1-3H3,(H,19,21). The second-order valence-corrected chi connectivity index (χ2v) is 6.04. The highest BCUT2D eigenvalue weighted by Crippen LogP contribution is 2.24.